The van der Waals surface area contributed by atoms with Crippen molar-refractivity contribution in [1.29, 1.82) is 0 Å². The molecule has 0 saturated carbocycles. The molecule has 1 saturated heterocycles. The van der Waals surface area contributed by atoms with Crippen LogP contribution in [-0.2, 0) is 10.0 Å². The molecule has 2 aromatic carbocycles. The van der Waals surface area contributed by atoms with Crippen LogP contribution in [0.5, 0.6) is 0 Å². The normalized spacial score (nSPS) is 15.0. The van der Waals surface area contributed by atoms with Gasteiger partial charge in [-0.3, -0.25) is 4.79 Å². The number of thiazole rings is 1. The van der Waals surface area contributed by atoms with Crippen LogP contribution in [0, 0.1) is 13.8 Å². The summed E-state index contributed by atoms with van der Waals surface area (Å²) in [5.41, 5.74) is 3.62. The molecule has 4 rings (SSSR count). The van der Waals surface area contributed by atoms with E-state index in [0.29, 0.717) is 24.3 Å². The third-order valence-corrected chi connectivity index (χ3v) is 8.13. The first-order valence-electron chi connectivity index (χ1n) is 10.3. The van der Waals surface area contributed by atoms with Crippen LogP contribution in [0.3, 0.4) is 0 Å². The van der Waals surface area contributed by atoms with Gasteiger partial charge < -0.3 is 5.32 Å². The van der Waals surface area contributed by atoms with Gasteiger partial charge in [0.2, 0.25) is 10.0 Å². The molecule has 0 atom stereocenters. The Hall–Kier alpha value is -2.55. The molecule has 1 aliphatic rings. The second-order valence-corrected chi connectivity index (χ2v) is 10.7. The number of aryl methyl sites for hydroxylation is 2. The Labute approximate surface area is 187 Å². The number of anilines is 1. The maximum Gasteiger partial charge on any atom is 0.255 e. The number of sulfonamides is 1. The lowest BCUT2D eigenvalue weighted by Gasteiger charge is -2.26. The van der Waals surface area contributed by atoms with Crippen LogP contribution in [0.2, 0.25) is 0 Å². The molecule has 0 bridgehead atoms. The summed E-state index contributed by atoms with van der Waals surface area (Å²) in [5, 5.41) is 5.88. The minimum absolute atomic E-state index is 0.166. The van der Waals surface area contributed by atoms with Gasteiger partial charge >= 0.3 is 0 Å². The number of benzene rings is 2. The highest BCUT2D eigenvalue weighted by Crippen LogP contribution is 2.25. The quantitative estimate of drug-likeness (QED) is 0.596. The van der Waals surface area contributed by atoms with Crippen molar-refractivity contribution in [3.05, 3.63) is 64.0 Å². The van der Waals surface area contributed by atoms with Crippen molar-refractivity contribution in [2.45, 2.75) is 38.0 Å². The molecule has 0 spiro atoms. The first-order valence-corrected chi connectivity index (χ1v) is 12.6. The Balaban J connectivity index is 1.54. The lowest BCUT2D eigenvalue weighted by molar-refractivity contribution is 0.102. The lowest BCUT2D eigenvalue weighted by Crippen LogP contribution is -2.35. The van der Waals surface area contributed by atoms with Crippen molar-refractivity contribution in [2.24, 2.45) is 0 Å². The first-order chi connectivity index (χ1) is 14.8. The summed E-state index contributed by atoms with van der Waals surface area (Å²) in [7, 11) is -3.59. The molecule has 1 aliphatic heterocycles. The highest BCUT2D eigenvalue weighted by Gasteiger charge is 2.27. The van der Waals surface area contributed by atoms with E-state index in [1.807, 2.05) is 36.6 Å². The van der Waals surface area contributed by atoms with Gasteiger partial charge in [-0.25, -0.2) is 13.4 Å². The molecule has 3 aromatic rings. The number of aromatic nitrogens is 1. The second-order valence-electron chi connectivity index (χ2n) is 7.72. The summed E-state index contributed by atoms with van der Waals surface area (Å²) in [6.45, 7) is 4.83. The predicted octanol–water partition coefficient (Wildman–Crippen LogP) is 4.85. The topological polar surface area (TPSA) is 79.4 Å². The summed E-state index contributed by atoms with van der Waals surface area (Å²) in [4.78, 5) is 17.6. The molecular weight excluding hydrogens is 430 g/mol. The zero-order chi connectivity index (χ0) is 22.0. The van der Waals surface area contributed by atoms with Crippen molar-refractivity contribution >= 4 is 33.0 Å². The average Bonchev–Trinajstić information content (AvgIpc) is 3.21. The number of piperidine rings is 1. The van der Waals surface area contributed by atoms with E-state index in [4.69, 9.17) is 0 Å². The van der Waals surface area contributed by atoms with Gasteiger partial charge in [0.15, 0.2) is 0 Å². The Morgan fingerprint density at radius 1 is 1.03 bits per heavy atom. The number of nitrogens with zero attached hydrogens (tertiary/aromatic N) is 2. The summed E-state index contributed by atoms with van der Waals surface area (Å²) in [6.07, 6.45) is 2.79. The number of amides is 1. The third-order valence-electron chi connectivity index (χ3n) is 5.46. The smallest absolute Gasteiger partial charge is 0.255 e. The van der Waals surface area contributed by atoms with E-state index < -0.39 is 10.0 Å². The fraction of sp³-hybridized carbons (Fsp3) is 0.304. The maximum absolute atomic E-state index is 13.0. The Bertz CT molecular complexity index is 1200. The zero-order valence-corrected chi connectivity index (χ0v) is 19.2. The Kier molecular flexibility index (Phi) is 6.22. The molecular formula is C23H25N3O3S2. The average molecular weight is 456 g/mol. The molecule has 0 radical (unpaired) electrons. The largest absolute Gasteiger partial charge is 0.322 e. The second kappa shape index (κ2) is 8.90. The van der Waals surface area contributed by atoms with Crippen molar-refractivity contribution < 1.29 is 13.2 Å². The number of nitrogens with one attached hydrogen (secondary N) is 1. The van der Waals surface area contributed by atoms with Gasteiger partial charge in [-0.05, 0) is 56.5 Å². The van der Waals surface area contributed by atoms with Gasteiger partial charge in [0.05, 0.1) is 15.6 Å². The lowest BCUT2D eigenvalue weighted by atomic mass is 10.1. The number of carbonyl (C=O) groups excluding carboxylic acids is 1. The zero-order valence-electron chi connectivity index (χ0n) is 17.6. The SMILES string of the molecule is Cc1nc(-c2ccc(NC(=O)c3cc(S(=O)(=O)N4CCCCC4)ccc3C)cc2)cs1. The van der Waals surface area contributed by atoms with Crippen LogP contribution in [-0.4, -0.2) is 36.7 Å². The van der Waals surface area contributed by atoms with E-state index in [0.717, 1.165) is 41.1 Å². The van der Waals surface area contributed by atoms with Gasteiger partial charge in [-0.1, -0.05) is 24.6 Å². The fourth-order valence-corrected chi connectivity index (χ4v) is 5.85. The Morgan fingerprint density at radius 2 is 1.74 bits per heavy atom. The fourth-order valence-electron chi connectivity index (χ4n) is 3.68. The monoisotopic (exact) mass is 455 g/mol. The molecule has 1 amide bonds. The maximum atomic E-state index is 13.0. The van der Waals surface area contributed by atoms with Gasteiger partial charge in [0.1, 0.15) is 0 Å². The summed E-state index contributed by atoms with van der Waals surface area (Å²) in [6, 6.07) is 12.2. The van der Waals surface area contributed by atoms with E-state index >= 15 is 0 Å². The highest BCUT2D eigenvalue weighted by molar-refractivity contribution is 7.89. The molecule has 2 heterocycles. The predicted molar refractivity (Wildman–Crippen MR) is 124 cm³/mol. The van der Waals surface area contributed by atoms with Gasteiger partial charge in [0.25, 0.3) is 5.91 Å². The van der Waals surface area contributed by atoms with E-state index in [2.05, 4.69) is 10.3 Å². The molecule has 0 unspecified atom stereocenters. The molecule has 162 valence electrons. The number of carbonyl (C=O) groups is 1. The van der Waals surface area contributed by atoms with Gasteiger partial charge in [-0.2, -0.15) is 4.31 Å². The minimum Gasteiger partial charge on any atom is -0.322 e. The van der Waals surface area contributed by atoms with Crippen LogP contribution in [0.1, 0.15) is 40.2 Å². The van der Waals surface area contributed by atoms with Crippen LogP contribution in [0.4, 0.5) is 5.69 Å². The van der Waals surface area contributed by atoms with Crippen LogP contribution in [0.15, 0.2) is 52.7 Å². The first kappa shape index (κ1) is 21.7. The Morgan fingerprint density at radius 3 is 2.39 bits per heavy atom. The van der Waals surface area contributed by atoms with E-state index in [-0.39, 0.29) is 10.8 Å². The number of rotatable bonds is 5. The van der Waals surface area contributed by atoms with Crippen molar-refractivity contribution in [2.75, 3.05) is 18.4 Å². The van der Waals surface area contributed by atoms with Crippen molar-refractivity contribution in [3.63, 3.8) is 0 Å². The summed E-state index contributed by atoms with van der Waals surface area (Å²) >= 11 is 1.59. The van der Waals surface area contributed by atoms with E-state index in [1.54, 1.807) is 30.4 Å². The van der Waals surface area contributed by atoms with Crippen LogP contribution in [0.25, 0.3) is 11.3 Å². The van der Waals surface area contributed by atoms with Crippen LogP contribution < -0.4 is 5.32 Å². The van der Waals surface area contributed by atoms with Crippen LogP contribution >= 0.6 is 11.3 Å². The van der Waals surface area contributed by atoms with E-state index in [9.17, 15) is 13.2 Å². The highest BCUT2D eigenvalue weighted by atomic mass is 32.2. The standard InChI is InChI=1S/C23H25N3O3S2/c1-16-6-11-20(31(28,29)26-12-4-3-5-13-26)14-21(16)23(27)25-19-9-7-18(8-10-19)22-15-30-17(2)24-22/h6-11,14-15H,3-5,12-13H2,1-2H3,(H,25,27). The van der Waals surface area contributed by atoms with Crippen molar-refractivity contribution in [1.82, 2.24) is 9.29 Å². The molecule has 31 heavy (non-hydrogen) atoms. The van der Waals surface area contributed by atoms with Gasteiger partial charge in [-0.15, -0.1) is 11.3 Å². The molecule has 1 N–H and O–H groups in total. The van der Waals surface area contributed by atoms with Crippen molar-refractivity contribution in [3.8, 4) is 11.3 Å². The molecule has 8 heteroatoms. The minimum atomic E-state index is -3.59. The summed E-state index contributed by atoms with van der Waals surface area (Å²) in [5.74, 6) is -0.328. The number of hydrogen-bond donors (Lipinski definition) is 1. The third kappa shape index (κ3) is 4.71. The molecule has 0 aliphatic carbocycles. The summed E-state index contributed by atoms with van der Waals surface area (Å²) < 4.78 is 27.5. The molecule has 1 fully saturated rings. The van der Waals surface area contributed by atoms with E-state index in [1.165, 1.54) is 10.4 Å². The number of hydrogen-bond acceptors (Lipinski definition) is 5. The van der Waals surface area contributed by atoms with Gasteiger partial charge in [0, 0.05) is 35.3 Å². The molecule has 6 nitrogen and oxygen atoms in total. The molecule has 1 aromatic heterocycles.